The van der Waals surface area contributed by atoms with Gasteiger partial charge in [0.25, 0.3) is 11.8 Å². The molecule has 26 nitrogen and oxygen atoms in total. The van der Waals surface area contributed by atoms with Gasteiger partial charge in [-0.15, -0.1) is 0 Å². The molecule has 0 spiro atoms. The van der Waals surface area contributed by atoms with Gasteiger partial charge in [-0.05, 0) is 99.6 Å². The number of benzene rings is 4. The van der Waals surface area contributed by atoms with E-state index >= 15 is 0 Å². The van der Waals surface area contributed by atoms with Crippen molar-refractivity contribution in [3.05, 3.63) is 150 Å². The highest BCUT2D eigenvalue weighted by Crippen LogP contribution is 2.40. The van der Waals surface area contributed by atoms with Crippen molar-refractivity contribution in [1.82, 2.24) is 47.4 Å². The molecule has 4 aromatic rings. The predicted molar refractivity (Wildman–Crippen MR) is 348 cm³/mol. The van der Waals surface area contributed by atoms with Crippen molar-refractivity contribution in [3.8, 4) is 0 Å². The van der Waals surface area contributed by atoms with Crippen molar-refractivity contribution in [2.24, 2.45) is 5.92 Å². The summed E-state index contributed by atoms with van der Waals surface area (Å²) in [4.78, 5) is 146. The lowest BCUT2D eigenvalue weighted by molar-refractivity contribution is -0.137. The van der Waals surface area contributed by atoms with E-state index in [9.17, 15) is 52.7 Å². The lowest BCUT2D eigenvalue weighted by Crippen LogP contribution is -2.57. The molecule has 508 valence electrons. The summed E-state index contributed by atoms with van der Waals surface area (Å²) in [5.74, 6) is -5.82. The number of carbonyl (C=O) groups excluding carboxylic acids is 11. The number of unbranched alkanes of at least 4 members (excludes halogenated alkanes) is 1. The zero-order chi connectivity index (χ0) is 68.5. The van der Waals surface area contributed by atoms with Crippen LogP contribution in [0, 0.1) is 5.92 Å². The van der Waals surface area contributed by atoms with Crippen LogP contribution in [0.25, 0.3) is 0 Å². The first-order valence-corrected chi connectivity index (χ1v) is 31.4. The SMILES string of the molecule is COCCOCCCNC(=O)[C@H](CCC(=O)N[C@@H](CC(C)C)C(=O)N[C@@H](COC(c1ccccc1)(c1ccccc1)c1ccccc1)C(=O)NCC(=O)N[C@@H](CCCCNC(=O)OC(C)(C)C)C(=O)Nc1ccc(COC(=O)NCCN2C(=O)C=CC2=O)cc1)NC(C)=O. The van der Waals surface area contributed by atoms with Gasteiger partial charge in [0.2, 0.25) is 41.4 Å². The Bertz CT molecular complexity index is 3050. The number of rotatable bonds is 39. The van der Waals surface area contributed by atoms with Crippen molar-refractivity contribution in [3.63, 3.8) is 0 Å². The van der Waals surface area contributed by atoms with E-state index in [-0.39, 0.29) is 64.4 Å². The Kier molecular flexibility index (Phi) is 31.3. The number of ether oxygens (including phenoxy) is 5. The Balaban J connectivity index is 1.35. The summed E-state index contributed by atoms with van der Waals surface area (Å²) >= 11 is 0. The molecule has 4 atom stereocenters. The second-order valence-corrected chi connectivity index (χ2v) is 23.6. The molecular formula is C68H90N10O16. The summed E-state index contributed by atoms with van der Waals surface area (Å²) in [7, 11) is 1.56. The molecule has 5 rings (SSSR count). The summed E-state index contributed by atoms with van der Waals surface area (Å²) < 4.78 is 28.1. The molecule has 0 fully saturated rings. The molecule has 1 aliphatic rings. The third-order valence-corrected chi connectivity index (χ3v) is 14.3. The van der Waals surface area contributed by atoms with Gasteiger partial charge in [-0.1, -0.05) is 117 Å². The van der Waals surface area contributed by atoms with E-state index in [1.165, 1.54) is 6.92 Å². The van der Waals surface area contributed by atoms with Crippen LogP contribution in [0.15, 0.2) is 127 Å². The molecule has 1 heterocycles. The van der Waals surface area contributed by atoms with Gasteiger partial charge >= 0.3 is 12.2 Å². The van der Waals surface area contributed by atoms with Gasteiger partial charge < -0.3 is 71.5 Å². The van der Waals surface area contributed by atoms with Crippen molar-refractivity contribution in [1.29, 1.82) is 0 Å². The molecule has 1 aliphatic heterocycles. The van der Waals surface area contributed by atoms with Crippen LogP contribution < -0.4 is 47.9 Å². The van der Waals surface area contributed by atoms with Crippen LogP contribution >= 0.6 is 0 Å². The van der Waals surface area contributed by atoms with E-state index in [0.717, 1.165) is 17.1 Å². The summed E-state index contributed by atoms with van der Waals surface area (Å²) in [6.07, 6.45) is 1.83. The van der Waals surface area contributed by atoms with Crippen LogP contribution in [0.2, 0.25) is 0 Å². The Morgan fingerprint density at radius 3 is 1.68 bits per heavy atom. The largest absolute Gasteiger partial charge is 0.445 e. The number of nitrogens with zero attached hydrogens (tertiary/aromatic N) is 1. The van der Waals surface area contributed by atoms with Crippen molar-refractivity contribution in [2.75, 3.05) is 71.6 Å². The van der Waals surface area contributed by atoms with Crippen LogP contribution in [-0.4, -0.2) is 166 Å². The predicted octanol–water partition coefficient (Wildman–Crippen LogP) is 4.55. The number of alkyl carbamates (subject to hydrolysis) is 2. The third-order valence-electron chi connectivity index (χ3n) is 14.3. The number of nitrogens with one attached hydrogen (secondary N) is 9. The molecule has 0 aromatic heterocycles. The highest BCUT2D eigenvalue weighted by Gasteiger charge is 2.40. The van der Waals surface area contributed by atoms with Crippen LogP contribution in [0.4, 0.5) is 15.3 Å². The van der Waals surface area contributed by atoms with E-state index in [1.807, 2.05) is 105 Å². The monoisotopic (exact) mass is 1300 g/mol. The summed E-state index contributed by atoms with van der Waals surface area (Å²) in [5, 5.41) is 24.2. The fourth-order valence-corrected chi connectivity index (χ4v) is 9.76. The van der Waals surface area contributed by atoms with E-state index in [1.54, 1.807) is 52.1 Å². The van der Waals surface area contributed by atoms with Gasteiger partial charge in [-0.25, -0.2) is 9.59 Å². The maximum absolute atomic E-state index is 14.8. The number of amides is 11. The van der Waals surface area contributed by atoms with Gasteiger partial charge in [0.1, 0.15) is 42.0 Å². The van der Waals surface area contributed by atoms with Gasteiger partial charge in [0, 0.05) is 71.1 Å². The van der Waals surface area contributed by atoms with Gasteiger partial charge in [0.05, 0.1) is 26.4 Å². The third kappa shape index (κ3) is 26.2. The van der Waals surface area contributed by atoms with Crippen LogP contribution in [0.5, 0.6) is 0 Å². The van der Waals surface area contributed by atoms with Crippen molar-refractivity contribution in [2.45, 2.75) is 128 Å². The Morgan fingerprint density at radius 1 is 0.543 bits per heavy atom. The summed E-state index contributed by atoms with van der Waals surface area (Å²) in [6.45, 7) is 10.3. The Morgan fingerprint density at radius 2 is 1.11 bits per heavy atom. The quantitative estimate of drug-likeness (QED) is 0.0168. The van der Waals surface area contributed by atoms with Gasteiger partial charge in [0.15, 0.2) is 0 Å². The first-order valence-electron chi connectivity index (χ1n) is 31.4. The van der Waals surface area contributed by atoms with Crippen molar-refractivity contribution >= 4 is 71.0 Å². The Hall–Kier alpha value is -9.53. The molecule has 11 amide bonds. The summed E-state index contributed by atoms with van der Waals surface area (Å²) in [5.41, 5.74) is 0.777. The standard InChI is InChI=1S/C68H90N10O16/c1-46(2)42-55(76-57(80)32-31-54(73-47(3)79)61(84)69-36-19-39-91-41-40-90-7)64(87)77-56(45-93-68(49-20-11-8-12-21-49,50-22-13-9-14-23-50)51-24-15-10-16-25-51)62(85)72-43-58(81)75-53(26-17-18-35-70-66(89)94-67(4,5)6)63(86)74-52-29-27-48(28-30-52)44-92-65(88)71-37-38-78-59(82)33-34-60(78)83/h8-16,20-25,27-30,33-34,46,53-56H,17-19,26,31-32,35-45H2,1-7H3,(H,69,84)(H,70,89)(H,71,88)(H,72,85)(H,73,79)(H,74,86)(H,75,81)(H,76,80)(H,77,87)/t53-,54-,55-,56-/m0/s1. The molecule has 0 bridgehead atoms. The van der Waals surface area contributed by atoms with Gasteiger partial charge in [-0.2, -0.15) is 0 Å². The molecule has 0 saturated heterocycles. The molecule has 0 unspecified atom stereocenters. The van der Waals surface area contributed by atoms with Crippen molar-refractivity contribution < 1.29 is 76.4 Å². The van der Waals surface area contributed by atoms with E-state index in [2.05, 4.69) is 47.9 Å². The van der Waals surface area contributed by atoms with E-state index in [4.69, 9.17) is 23.7 Å². The van der Waals surface area contributed by atoms with Crippen LogP contribution in [-0.2, 0) is 79.0 Å². The number of methoxy groups -OCH3 is 1. The molecule has 4 aromatic carbocycles. The normalized spacial score (nSPS) is 13.3. The minimum atomic E-state index is -1.55. The minimum absolute atomic E-state index is 0.0328. The molecule has 9 N–H and O–H groups in total. The molecule has 94 heavy (non-hydrogen) atoms. The second-order valence-electron chi connectivity index (χ2n) is 23.6. The maximum Gasteiger partial charge on any atom is 0.407 e. The zero-order valence-corrected chi connectivity index (χ0v) is 54.5. The fourth-order valence-electron chi connectivity index (χ4n) is 9.76. The molecule has 26 heteroatoms. The number of hydrogen-bond donors (Lipinski definition) is 9. The molecule has 0 aliphatic carbocycles. The number of carbonyl (C=O) groups is 11. The van der Waals surface area contributed by atoms with Gasteiger partial charge in [-0.3, -0.25) is 48.1 Å². The molecule has 0 radical (unpaired) electrons. The number of imide groups is 1. The fraction of sp³-hybridized carbons (Fsp3) is 0.456. The highest BCUT2D eigenvalue weighted by atomic mass is 16.6. The minimum Gasteiger partial charge on any atom is -0.445 e. The summed E-state index contributed by atoms with van der Waals surface area (Å²) in [6, 6.07) is 29.1. The van der Waals surface area contributed by atoms with Crippen LogP contribution in [0.3, 0.4) is 0 Å². The maximum atomic E-state index is 14.8. The zero-order valence-electron chi connectivity index (χ0n) is 54.5. The first-order chi connectivity index (χ1) is 45.0. The number of hydrogen-bond acceptors (Lipinski definition) is 16. The van der Waals surface area contributed by atoms with E-state index < -0.39 is 114 Å². The number of anilines is 1. The van der Waals surface area contributed by atoms with E-state index in [0.29, 0.717) is 67.0 Å². The molecule has 0 saturated carbocycles. The highest BCUT2D eigenvalue weighted by molar-refractivity contribution is 6.13. The first kappa shape index (κ1) is 75.2. The van der Waals surface area contributed by atoms with Crippen LogP contribution in [0.1, 0.15) is 109 Å². The topological polar surface area (TPSA) is 345 Å². The average molecular weight is 1300 g/mol. The lowest BCUT2D eigenvalue weighted by Gasteiger charge is -2.37. The Labute approximate surface area is 548 Å². The smallest absolute Gasteiger partial charge is 0.407 e. The molecular weight excluding hydrogens is 1210 g/mol. The lowest BCUT2D eigenvalue weighted by atomic mass is 9.80. The second kappa shape index (κ2) is 39.1. The average Bonchev–Trinajstić information content (AvgIpc) is 0.849.